The van der Waals surface area contributed by atoms with Gasteiger partial charge >= 0.3 is 0 Å². The highest BCUT2D eigenvalue weighted by atomic mass is 16.2. The molecule has 2 rings (SSSR count). The van der Waals surface area contributed by atoms with Gasteiger partial charge in [-0.15, -0.1) is 0 Å². The third-order valence-corrected chi connectivity index (χ3v) is 4.37. The highest BCUT2D eigenvalue weighted by Crippen LogP contribution is 2.26. The fraction of sp³-hybridized carbons (Fsp3) is 0.706. The lowest BCUT2D eigenvalue weighted by molar-refractivity contribution is -0.134. The van der Waals surface area contributed by atoms with E-state index in [9.17, 15) is 9.59 Å². The lowest BCUT2D eigenvalue weighted by atomic mass is 10.1. The molecule has 128 valence electrons. The predicted octanol–water partition coefficient (Wildman–Crippen LogP) is 1.85. The van der Waals surface area contributed by atoms with Gasteiger partial charge in [-0.2, -0.15) is 0 Å². The minimum absolute atomic E-state index is 0.0355. The van der Waals surface area contributed by atoms with Gasteiger partial charge in [0.05, 0.1) is 18.2 Å². The summed E-state index contributed by atoms with van der Waals surface area (Å²) in [6.45, 7) is 7.74. The van der Waals surface area contributed by atoms with E-state index in [1.54, 1.807) is 19.0 Å². The summed E-state index contributed by atoms with van der Waals surface area (Å²) in [6.07, 6.45) is 3.76. The van der Waals surface area contributed by atoms with E-state index in [-0.39, 0.29) is 17.9 Å². The molecule has 0 saturated carbocycles. The topological polar surface area (TPSA) is 58.4 Å². The largest absolute Gasteiger partial charge is 0.348 e. The van der Waals surface area contributed by atoms with Gasteiger partial charge in [-0.3, -0.25) is 9.59 Å². The molecule has 0 aliphatic carbocycles. The number of aromatic nitrogens is 2. The van der Waals surface area contributed by atoms with Gasteiger partial charge in [0.2, 0.25) is 11.8 Å². The second kappa shape index (κ2) is 7.15. The lowest BCUT2D eigenvalue weighted by Gasteiger charge is -2.34. The van der Waals surface area contributed by atoms with Gasteiger partial charge in [0, 0.05) is 39.8 Å². The van der Waals surface area contributed by atoms with Crippen LogP contribution in [0.15, 0.2) is 6.20 Å². The number of rotatable bonds is 5. The maximum Gasteiger partial charge on any atom is 0.228 e. The van der Waals surface area contributed by atoms with Gasteiger partial charge < -0.3 is 14.4 Å². The molecular weight excluding hydrogens is 292 g/mol. The van der Waals surface area contributed by atoms with Crippen molar-refractivity contribution in [2.24, 2.45) is 5.92 Å². The van der Waals surface area contributed by atoms with Crippen molar-refractivity contribution in [1.29, 1.82) is 0 Å². The van der Waals surface area contributed by atoms with E-state index in [0.29, 0.717) is 25.3 Å². The predicted molar refractivity (Wildman–Crippen MR) is 88.8 cm³/mol. The van der Waals surface area contributed by atoms with E-state index in [4.69, 9.17) is 0 Å². The summed E-state index contributed by atoms with van der Waals surface area (Å²) < 4.78 is 2.08. The van der Waals surface area contributed by atoms with Gasteiger partial charge in [-0.05, 0) is 19.3 Å². The summed E-state index contributed by atoms with van der Waals surface area (Å²) >= 11 is 0. The average Bonchev–Trinajstić information content (AvgIpc) is 2.88. The van der Waals surface area contributed by atoms with Crippen LogP contribution < -0.4 is 0 Å². The van der Waals surface area contributed by atoms with Crippen molar-refractivity contribution in [2.45, 2.75) is 52.6 Å². The van der Waals surface area contributed by atoms with Crippen LogP contribution in [-0.2, 0) is 22.6 Å². The molecule has 0 radical (unpaired) electrons. The fourth-order valence-corrected chi connectivity index (χ4v) is 2.84. The molecule has 0 unspecified atom stereocenters. The smallest absolute Gasteiger partial charge is 0.228 e. The number of likely N-dealkylation sites (N-methyl/N-ethyl adjacent to an activating group) is 1. The molecule has 6 heteroatoms. The number of carbonyl (C=O) groups excluding carboxylic acids is 2. The Labute approximate surface area is 138 Å². The number of hydrogen-bond acceptors (Lipinski definition) is 3. The van der Waals surface area contributed by atoms with Gasteiger partial charge in [0.15, 0.2) is 0 Å². The Kier molecular flexibility index (Phi) is 5.44. The van der Waals surface area contributed by atoms with E-state index >= 15 is 0 Å². The van der Waals surface area contributed by atoms with Gasteiger partial charge in [-0.25, -0.2) is 4.98 Å². The van der Waals surface area contributed by atoms with E-state index in [0.717, 1.165) is 24.5 Å². The van der Waals surface area contributed by atoms with Crippen molar-refractivity contribution < 1.29 is 9.59 Å². The van der Waals surface area contributed by atoms with Gasteiger partial charge in [0.25, 0.3) is 0 Å². The zero-order valence-corrected chi connectivity index (χ0v) is 14.9. The van der Waals surface area contributed by atoms with Crippen LogP contribution in [0.1, 0.15) is 51.2 Å². The van der Waals surface area contributed by atoms with E-state index in [1.165, 1.54) is 0 Å². The van der Waals surface area contributed by atoms with Crippen LogP contribution in [0.2, 0.25) is 0 Å². The number of nitrogens with zero attached hydrogens (tertiary/aromatic N) is 4. The molecule has 1 aromatic heterocycles. The third kappa shape index (κ3) is 4.12. The van der Waals surface area contributed by atoms with Gasteiger partial charge in [-0.1, -0.05) is 13.8 Å². The van der Waals surface area contributed by atoms with Crippen molar-refractivity contribution in [3.63, 3.8) is 0 Å². The molecule has 1 aliphatic rings. The van der Waals surface area contributed by atoms with E-state index in [2.05, 4.69) is 23.4 Å². The maximum absolute atomic E-state index is 12.4. The van der Waals surface area contributed by atoms with Crippen molar-refractivity contribution in [2.75, 3.05) is 20.6 Å². The lowest BCUT2D eigenvalue weighted by Crippen LogP contribution is -2.41. The Hall–Kier alpha value is -1.85. The average molecular weight is 320 g/mol. The normalized spacial score (nSPS) is 17.3. The van der Waals surface area contributed by atoms with Crippen molar-refractivity contribution >= 4 is 11.8 Å². The second-order valence-corrected chi connectivity index (χ2v) is 6.94. The third-order valence-electron chi connectivity index (χ3n) is 4.37. The highest BCUT2D eigenvalue weighted by molar-refractivity contribution is 5.78. The number of fused-ring (bicyclic) bond motifs is 1. The summed E-state index contributed by atoms with van der Waals surface area (Å²) in [5.74, 6) is 1.66. The molecule has 23 heavy (non-hydrogen) atoms. The summed E-state index contributed by atoms with van der Waals surface area (Å²) in [5.41, 5.74) is 0.780. The Bertz CT molecular complexity index is 577. The van der Waals surface area contributed by atoms with Crippen LogP contribution in [0.5, 0.6) is 0 Å². The SMILES string of the molecule is CC(C)CCC(=O)N1CCn2cc(CC(=O)N(C)C)nc2[C@@H]1C. The molecule has 2 heterocycles. The van der Waals surface area contributed by atoms with Crippen molar-refractivity contribution in [3.8, 4) is 0 Å². The molecule has 0 N–H and O–H groups in total. The number of amides is 2. The monoisotopic (exact) mass is 320 g/mol. The molecule has 0 bridgehead atoms. The van der Waals surface area contributed by atoms with E-state index < -0.39 is 0 Å². The standard InChI is InChI=1S/C17H28N4O2/c1-12(2)6-7-15(22)21-9-8-20-11-14(10-16(23)19(4)5)18-17(20)13(21)3/h11-13H,6-10H2,1-5H3/t13-/m0/s1. The first kappa shape index (κ1) is 17.5. The van der Waals surface area contributed by atoms with Crippen LogP contribution in [0.25, 0.3) is 0 Å². The van der Waals surface area contributed by atoms with Crippen molar-refractivity contribution in [1.82, 2.24) is 19.4 Å². The van der Waals surface area contributed by atoms with Crippen LogP contribution in [0.3, 0.4) is 0 Å². The zero-order chi connectivity index (χ0) is 17.1. The molecule has 1 aromatic rings. The molecule has 0 fully saturated rings. The Balaban J connectivity index is 2.07. The summed E-state index contributed by atoms with van der Waals surface area (Å²) in [5, 5.41) is 0. The first-order valence-electron chi connectivity index (χ1n) is 8.35. The van der Waals surface area contributed by atoms with Crippen LogP contribution in [0, 0.1) is 5.92 Å². The molecule has 6 nitrogen and oxygen atoms in total. The quantitative estimate of drug-likeness (QED) is 0.832. The molecule has 1 atom stereocenters. The number of carbonyl (C=O) groups is 2. The molecule has 1 aliphatic heterocycles. The Morgan fingerprint density at radius 3 is 2.65 bits per heavy atom. The molecule has 2 amide bonds. The van der Waals surface area contributed by atoms with Gasteiger partial charge in [0.1, 0.15) is 5.82 Å². The minimum Gasteiger partial charge on any atom is -0.348 e. The minimum atomic E-state index is -0.0355. The molecule has 0 aromatic carbocycles. The summed E-state index contributed by atoms with van der Waals surface area (Å²) in [6, 6.07) is -0.0355. The summed E-state index contributed by atoms with van der Waals surface area (Å²) in [7, 11) is 3.49. The molecule has 0 saturated heterocycles. The molecular formula is C17H28N4O2. The van der Waals surface area contributed by atoms with Crippen LogP contribution >= 0.6 is 0 Å². The fourth-order valence-electron chi connectivity index (χ4n) is 2.84. The van der Waals surface area contributed by atoms with E-state index in [1.807, 2.05) is 18.0 Å². The first-order chi connectivity index (χ1) is 10.8. The zero-order valence-electron chi connectivity index (χ0n) is 14.9. The van der Waals surface area contributed by atoms with Crippen molar-refractivity contribution in [3.05, 3.63) is 17.7 Å². The number of hydrogen-bond donors (Lipinski definition) is 0. The first-order valence-corrected chi connectivity index (χ1v) is 8.35. The van der Waals surface area contributed by atoms with Crippen LogP contribution in [0.4, 0.5) is 0 Å². The Morgan fingerprint density at radius 2 is 2.04 bits per heavy atom. The van der Waals surface area contributed by atoms with Crippen LogP contribution in [-0.4, -0.2) is 51.8 Å². The Morgan fingerprint density at radius 1 is 1.35 bits per heavy atom. The molecule has 0 spiro atoms. The highest BCUT2D eigenvalue weighted by Gasteiger charge is 2.29. The maximum atomic E-state index is 12.4. The number of imidazole rings is 1. The second-order valence-electron chi connectivity index (χ2n) is 6.94. The summed E-state index contributed by atoms with van der Waals surface area (Å²) in [4.78, 5) is 32.4.